The minimum absolute atomic E-state index is 0.463. The number of aliphatic hydroxyl groups is 2. The molecule has 2 aliphatic heterocycles. The van der Waals surface area contributed by atoms with Gasteiger partial charge in [-0.25, -0.2) is 4.79 Å². The lowest BCUT2D eigenvalue weighted by Crippen LogP contribution is -2.52. The molecule has 4 rings (SSSR count). The fourth-order valence-electron chi connectivity index (χ4n) is 4.42. The predicted molar refractivity (Wildman–Crippen MR) is 121 cm³/mol. The fourth-order valence-corrected chi connectivity index (χ4v) is 4.78. The monoisotopic (exact) mass is 481 g/mol. The van der Waals surface area contributed by atoms with Crippen LogP contribution < -0.4 is 16.1 Å². The van der Waals surface area contributed by atoms with Crippen LogP contribution in [0.5, 0.6) is 0 Å². The molecular weight excluding hydrogens is 454 g/mol. The molecular formula is C22H28ClN3O7. The van der Waals surface area contributed by atoms with Gasteiger partial charge >= 0.3 is 5.69 Å². The van der Waals surface area contributed by atoms with Gasteiger partial charge in [0.1, 0.15) is 18.3 Å². The van der Waals surface area contributed by atoms with Crippen LogP contribution in [0.4, 0.5) is 5.69 Å². The predicted octanol–water partition coefficient (Wildman–Crippen LogP) is 0.777. The zero-order valence-corrected chi connectivity index (χ0v) is 19.2. The second-order valence-electron chi connectivity index (χ2n) is 8.39. The van der Waals surface area contributed by atoms with E-state index < -0.39 is 48.2 Å². The maximum Gasteiger partial charge on any atom is 0.330 e. The van der Waals surface area contributed by atoms with Gasteiger partial charge in [-0.05, 0) is 24.6 Å². The third-order valence-electron chi connectivity index (χ3n) is 6.31. The summed E-state index contributed by atoms with van der Waals surface area (Å²) in [5.74, 6) is -1.04. The van der Waals surface area contributed by atoms with Gasteiger partial charge < -0.3 is 29.3 Å². The van der Waals surface area contributed by atoms with Gasteiger partial charge in [-0.1, -0.05) is 17.7 Å². The van der Waals surface area contributed by atoms with Crippen LogP contribution in [0, 0.1) is 6.92 Å². The highest BCUT2D eigenvalue weighted by atomic mass is 35.5. The standard InChI is InChI=1S/C22H28ClN3O7/c1-13-3-4-15(14(23)11-13)25-9-6-22(31-2,7-10-25)33-19-18(29)16(12-27)32-20(19)26-8-5-17(28)24-21(26)30/h3-5,8,11,16,18-20,27,29H,6-7,9-10,12H2,1-2H3,(H,24,28,30)/t16-,18-,19-,20-/m1/s1. The summed E-state index contributed by atoms with van der Waals surface area (Å²) >= 11 is 6.43. The number of methoxy groups -OCH3 is 1. The van der Waals surface area contributed by atoms with E-state index in [9.17, 15) is 19.8 Å². The SMILES string of the molecule is COC1(O[C@@H]2[C@H](O)[C@@H](CO)O[C@H]2n2ccc(=O)[nH]c2=O)CCN(c2ccc(C)cc2Cl)CC1. The number of piperidine rings is 1. The van der Waals surface area contributed by atoms with E-state index in [1.54, 1.807) is 0 Å². The van der Waals surface area contributed by atoms with Crippen LogP contribution in [0.3, 0.4) is 0 Å². The maximum absolute atomic E-state index is 12.3. The average molecular weight is 482 g/mol. The van der Waals surface area contributed by atoms with Crippen molar-refractivity contribution < 1.29 is 24.4 Å². The molecule has 4 atom stereocenters. The first-order valence-electron chi connectivity index (χ1n) is 10.8. The summed E-state index contributed by atoms with van der Waals surface area (Å²) in [6.45, 7) is 2.70. The zero-order valence-electron chi connectivity index (χ0n) is 18.4. The Balaban J connectivity index is 1.55. The van der Waals surface area contributed by atoms with Crippen molar-refractivity contribution >= 4 is 17.3 Å². The number of H-pyrrole nitrogens is 1. The van der Waals surface area contributed by atoms with Crippen LogP contribution >= 0.6 is 11.6 Å². The molecule has 0 unspecified atom stereocenters. The Kier molecular flexibility index (Phi) is 6.94. The first kappa shape index (κ1) is 23.9. The molecule has 0 aliphatic carbocycles. The van der Waals surface area contributed by atoms with Crippen molar-refractivity contribution in [3.63, 3.8) is 0 Å². The summed E-state index contributed by atoms with van der Waals surface area (Å²) in [6, 6.07) is 7.08. The highest BCUT2D eigenvalue weighted by Crippen LogP contribution is 2.39. The summed E-state index contributed by atoms with van der Waals surface area (Å²) in [5.41, 5.74) is 0.741. The van der Waals surface area contributed by atoms with Gasteiger partial charge in [-0.15, -0.1) is 0 Å². The maximum atomic E-state index is 12.3. The number of benzene rings is 1. The molecule has 10 nitrogen and oxygen atoms in total. The van der Waals surface area contributed by atoms with Gasteiger partial charge in [0.25, 0.3) is 5.56 Å². The molecule has 33 heavy (non-hydrogen) atoms. The first-order valence-corrected chi connectivity index (χ1v) is 11.1. The number of rotatable bonds is 6. The molecule has 2 aliphatic rings. The largest absolute Gasteiger partial charge is 0.394 e. The van der Waals surface area contributed by atoms with E-state index >= 15 is 0 Å². The number of nitrogens with one attached hydrogen (secondary N) is 1. The van der Waals surface area contributed by atoms with E-state index in [-0.39, 0.29) is 0 Å². The molecule has 11 heteroatoms. The highest BCUT2D eigenvalue weighted by molar-refractivity contribution is 6.33. The second-order valence-corrected chi connectivity index (χ2v) is 8.80. The molecule has 0 spiro atoms. The molecule has 180 valence electrons. The fraction of sp³-hybridized carbons (Fsp3) is 0.545. The number of hydrogen-bond donors (Lipinski definition) is 3. The third-order valence-corrected chi connectivity index (χ3v) is 6.61. The molecule has 3 heterocycles. The van der Waals surface area contributed by atoms with E-state index in [4.69, 9.17) is 25.8 Å². The van der Waals surface area contributed by atoms with Crippen molar-refractivity contribution in [1.82, 2.24) is 9.55 Å². The Labute approximate surface area is 195 Å². The van der Waals surface area contributed by atoms with Crippen LogP contribution in [0.2, 0.25) is 5.02 Å². The van der Waals surface area contributed by atoms with Crippen molar-refractivity contribution in [2.45, 2.75) is 50.1 Å². The number of ether oxygens (including phenoxy) is 3. The lowest BCUT2D eigenvalue weighted by molar-refractivity contribution is -0.276. The van der Waals surface area contributed by atoms with Crippen molar-refractivity contribution in [2.24, 2.45) is 0 Å². The number of aliphatic hydroxyl groups excluding tert-OH is 2. The smallest absolute Gasteiger partial charge is 0.330 e. The molecule has 2 fully saturated rings. The number of aromatic amines is 1. The van der Waals surface area contributed by atoms with Crippen LogP contribution in [0.25, 0.3) is 0 Å². The Bertz CT molecular complexity index is 1100. The Hall–Kier alpha value is -2.21. The van der Waals surface area contributed by atoms with E-state index in [1.807, 2.05) is 25.1 Å². The number of nitrogens with zero attached hydrogens (tertiary/aromatic N) is 2. The van der Waals surface area contributed by atoms with E-state index in [2.05, 4.69) is 9.88 Å². The average Bonchev–Trinajstić information content (AvgIpc) is 3.09. The number of aromatic nitrogens is 2. The Morgan fingerprint density at radius 3 is 2.61 bits per heavy atom. The molecule has 3 N–H and O–H groups in total. The number of anilines is 1. The van der Waals surface area contributed by atoms with Gasteiger partial charge in [0, 0.05) is 45.3 Å². The van der Waals surface area contributed by atoms with E-state index in [0.717, 1.165) is 15.8 Å². The van der Waals surface area contributed by atoms with Crippen molar-refractivity contribution in [1.29, 1.82) is 0 Å². The summed E-state index contributed by atoms with van der Waals surface area (Å²) in [4.78, 5) is 28.1. The quantitative estimate of drug-likeness (QED) is 0.517. The van der Waals surface area contributed by atoms with Crippen LogP contribution in [-0.4, -0.2) is 70.7 Å². The Morgan fingerprint density at radius 1 is 1.27 bits per heavy atom. The van der Waals surface area contributed by atoms with Gasteiger partial charge in [0.15, 0.2) is 12.0 Å². The lowest BCUT2D eigenvalue weighted by atomic mass is 10.0. The van der Waals surface area contributed by atoms with Crippen molar-refractivity contribution in [3.8, 4) is 0 Å². The molecule has 0 bridgehead atoms. The summed E-state index contributed by atoms with van der Waals surface area (Å²) in [5, 5.41) is 21.1. The third kappa shape index (κ3) is 4.72. The van der Waals surface area contributed by atoms with Crippen LogP contribution in [0.15, 0.2) is 40.1 Å². The molecule has 0 radical (unpaired) electrons. The summed E-state index contributed by atoms with van der Waals surface area (Å²) < 4.78 is 18.9. The highest BCUT2D eigenvalue weighted by Gasteiger charge is 2.50. The summed E-state index contributed by atoms with van der Waals surface area (Å²) in [6.07, 6.45) is -2.04. The second kappa shape index (κ2) is 9.57. The van der Waals surface area contributed by atoms with Gasteiger partial charge in [0.2, 0.25) is 0 Å². The molecule has 2 saturated heterocycles. The molecule has 0 saturated carbocycles. The van der Waals surface area contributed by atoms with Crippen molar-refractivity contribution in [2.75, 3.05) is 31.7 Å². The topological polar surface area (TPSA) is 126 Å². The number of halogens is 1. The minimum Gasteiger partial charge on any atom is -0.394 e. The van der Waals surface area contributed by atoms with Gasteiger partial charge in [-0.2, -0.15) is 0 Å². The molecule has 1 aromatic carbocycles. The Morgan fingerprint density at radius 2 is 2.00 bits per heavy atom. The normalized spacial score (nSPS) is 27.1. The van der Waals surface area contributed by atoms with Crippen LogP contribution in [-0.2, 0) is 14.2 Å². The summed E-state index contributed by atoms with van der Waals surface area (Å²) in [7, 11) is 1.53. The number of hydrogen-bond acceptors (Lipinski definition) is 8. The van der Waals surface area contributed by atoms with Gasteiger partial charge in [-0.3, -0.25) is 14.3 Å². The first-order chi connectivity index (χ1) is 15.8. The van der Waals surface area contributed by atoms with E-state index in [1.165, 1.54) is 19.4 Å². The van der Waals surface area contributed by atoms with Gasteiger partial charge in [0.05, 0.1) is 17.3 Å². The number of aryl methyl sites for hydroxylation is 1. The van der Waals surface area contributed by atoms with E-state index in [0.29, 0.717) is 31.0 Å². The molecule has 2 aromatic rings. The van der Waals surface area contributed by atoms with Crippen molar-refractivity contribution in [3.05, 3.63) is 61.9 Å². The molecule has 1 aromatic heterocycles. The minimum atomic E-state index is -1.21. The van der Waals surface area contributed by atoms with Crippen LogP contribution in [0.1, 0.15) is 24.6 Å². The lowest BCUT2D eigenvalue weighted by Gasteiger charge is -2.43. The molecule has 0 amide bonds. The zero-order chi connectivity index (χ0) is 23.8.